The molecule has 0 saturated heterocycles. The fraction of sp³-hybridized carbons (Fsp3) is 0.562. The SMILES string of the molecule is CC(C)Cc1cc(CNC(=O)c2onc3c2CCCC3)on1. The molecule has 0 unspecified atom stereocenters. The first-order valence-corrected chi connectivity index (χ1v) is 7.83. The summed E-state index contributed by atoms with van der Waals surface area (Å²) in [7, 11) is 0. The van der Waals surface area contributed by atoms with Crippen LogP contribution in [0.2, 0.25) is 0 Å². The van der Waals surface area contributed by atoms with Crippen molar-refractivity contribution in [1.82, 2.24) is 15.6 Å². The van der Waals surface area contributed by atoms with E-state index in [1.807, 2.05) is 6.07 Å². The number of hydrogen-bond donors (Lipinski definition) is 1. The highest BCUT2D eigenvalue weighted by Gasteiger charge is 2.24. The number of aryl methyl sites for hydroxylation is 1. The number of hydrogen-bond acceptors (Lipinski definition) is 5. The fourth-order valence-corrected chi connectivity index (χ4v) is 2.77. The lowest BCUT2D eigenvalue weighted by molar-refractivity contribution is 0.0908. The quantitative estimate of drug-likeness (QED) is 0.918. The maximum atomic E-state index is 12.2. The van der Waals surface area contributed by atoms with Crippen LogP contribution in [-0.4, -0.2) is 16.2 Å². The fourth-order valence-electron chi connectivity index (χ4n) is 2.77. The second kappa shape index (κ2) is 6.34. The molecule has 6 nitrogen and oxygen atoms in total. The second-order valence-electron chi connectivity index (χ2n) is 6.21. The van der Waals surface area contributed by atoms with Gasteiger partial charge in [0.15, 0.2) is 5.76 Å². The van der Waals surface area contributed by atoms with Gasteiger partial charge in [0.25, 0.3) is 5.91 Å². The van der Waals surface area contributed by atoms with Crippen LogP contribution >= 0.6 is 0 Å². The summed E-state index contributed by atoms with van der Waals surface area (Å²) >= 11 is 0. The standard InChI is InChI=1S/C16H21N3O3/c1-10(2)7-11-8-12(21-18-11)9-17-16(20)15-13-5-3-4-6-14(13)19-22-15/h8,10H,3-7,9H2,1-2H3,(H,17,20). The predicted molar refractivity (Wildman–Crippen MR) is 79.4 cm³/mol. The number of amides is 1. The third kappa shape index (κ3) is 3.21. The Kier molecular flexibility index (Phi) is 4.27. The first-order valence-electron chi connectivity index (χ1n) is 7.83. The van der Waals surface area contributed by atoms with Gasteiger partial charge in [0.05, 0.1) is 17.9 Å². The van der Waals surface area contributed by atoms with Gasteiger partial charge in [0, 0.05) is 11.6 Å². The molecule has 118 valence electrons. The van der Waals surface area contributed by atoms with E-state index in [1.165, 1.54) is 0 Å². The number of nitrogens with zero attached hydrogens (tertiary/aromatic N) is 2. The largest absolute Gasteiger partial charge is 0.359 e. The van der Waals surface area contributed by atoms with Crippen molar-refractivity contribution in [2.75, 3.05) is 0 Å². The Labute approximate surface area is 129 Å². The molecule has 2 aromatic rings. The average Bonchev–Trinajstić information content (AvgIpc) is 3.10. The lowest BCUT2D eigenvalue weighted by Gasteiger charge is -2.08. The Bertz CT molecular complexity index is 657. The minimum atomic E-state index is -0.238. The average molecular weight is 303 g/mol. The van der Waals surface area contributed by atoms with E-state index >= 15 is 0 Å². The van der Waals surface area contributed by atoms with Crippen molar-refractivity contribution >= 4 is 5.91 Å². The molecule has 0 fully saturated rings. The summed E-state index contributed by atoms with van der Waals surface area (Å²) in [4.78, 5) is 12.2. The molecule has 0 atom stereocenters. The van der Waals surface area contributed by atoms with Gasteiger partial charge in [0.1, 0.15) is 0 Å². The Morgan fingerprint density at radius 2 is 2.09 bits per heavy atom. The maximum absolute atomic E-state index is 12.2. The van der Waals surface area contributed by atoms with Gasteiger partial charge in [-0.25, -0.2) is 0 Å². The van der Waals surface area contributed by atoms with E-state index in [-0.39, 0.29) is 5.91 Å². The minimum absolute atomic E-state index is 0.238. The molecule has 1 amide bonds. The van der Waals surface area contributed by atoms with Gasteiger partial charge in [-0.2, -0.15) is 0 Å². The molecule has 0 aliphatic heterocycles. The Morgan fingerprint density at radius 1 is 1.27 bits per heavy atom. The molecule has 0 radical (unpaired) electrons. The molecular formula is C16H21N3O3. The first-order chi connectivity index (χ1) is 10.6. The van der Waals surface area contributed by atoms with Crippen LogP contribution in [-0.2, 0) is 25.8 Å². The van der Waals surface area contributed by atoms with Crippen molar-refractivity contribution in [3.63, 3.8) is 0 Å². The van der Waals surface area contributed by atoms with E-state index in [0.717, 1.165) is 49.1 Å². The molecule has 2 aromatic heterocycles. The first kappa shape index (κ1) is 14.8. The van der Waals surface area contributed by atoms with Crippen LogP contribution in [0.5, 0.6) is 0 Å². The topological polar surface area (TPSA) is 81.2 Å². The number of nitrogens with one attached hydrogen (secondary N) is 1. The highest BCUT2D eigenvalue weighted by molar-refractivity contribution is 5.93. The number of fused-ring (bicyclic) bond motifs is 1. The van der Waals surface area contributed by atoms with Gasteiger partial charge in [-0.3, -0.25) is 4.79 Å². The summed E-state index contributed by atoms with van der Waals surface area (Å²) in [6.45, 7) is 4.56. The van der Waals surface area contributed by atoms with E-state index in [4.69, 9.17) is 9.05 Å². The van der Waals surface area contributed by atoms with Gasteiger partial charge in [-0.1, -0.05) is 24.2 Å². The molecule has 2 heterocycles. The third-order valence-corrected chi connectivity index (χ3v) is 3.81. The van der Waals surface area contributed by atoms with Crippen LogP contribution in [0.3, 0.4) is 0 Å². The summed E-state index contributed by atoms with van der Waals surface area (Å²) < 4.78 is 10.5. The molecule has 0 saturated carbocycles. The molecular weight excluding hydrogens is 282 g/mol. The molecule has 1 N–H and O–H groups in total. The summed E-state index contributed by atoms with van der Waals surface area (Å²) in [6, 6.07) is 1.89. The lowest BCUT2D eigenvalue weighted by atomic mass is 9.96. The van der Waals surface area contributed by atoms with Crippen LogP contribution in [0.4, 0.5) is 0 Å². The van der Waals surface area contributed by atoms with Crippen LogP contribution < -0.4 is 5.32 Å². The zero-order chi connectivity index (χ0) is 15.5. The van der Waals surface area contributed by atoms with Gasteiger partial charge in [-0.05, 0) is 38.0 Å². The summed E-state index contributed by atoms with van der Waals surface area (Å²) in [5, 5.41) is 10.8. The third-order valence-electron chi connectivity index (χ3n) is 3.81. The zero-order valence-corrected chi connectivity index (χ0v) is 13.0. The van der Waals surface area contributed by atoms with Crippen molar-refractivity contribution in [3.05, 3.63) is 34.5 Å². The van der Waals surface area contributed by atoms with Crippen molar-refractivity contribution < 1.29 is 13.8 Å². The number of aromatic nitrogens is 2. The van der Waals surface area contributed by atoms with Crippen LogP contribution in [0.15, 0.2) is 15.1 Å². The normalized spacial score (nSPS) is 14.1. The van der Waals surface area contributed by atoms with Crippen molar-refractivity contribution in [3.8, 4) is 0 Å². The summed E-state index contributed by atoms with van der Waals surface area (Å²) in [5.41, 5.74) is 2.80. The summed E-state index contributed by atoms with van der Waals surface area (Å²) in [6.07, 6.45) is 4.81. The van der Waals surface area contributed by atoms with Crippen LogP contribution in [0.25, 0.3) is 0 Å². The molecule has 1 aliphatic rings. The lowest BCUT2D eigenvalue weighted by Crippen LogP contribution is -2.23. The Morgan fingerprint density at radius 3 is 2.91 bits per heavy atom. The van der Waals surface area contributed by atoms with Gasteiger partial charge >= 0.3 is 0 Å². The molecule has 3 rings (SSSR count). The molecule has 6 heteroatoms. The number of carbonyl (C=O) groups is 1. The van der Waals surface area contributed by atoms with Crippen molar-refractivity contribution in [2.45, 2.75) is 52.5 Å². The molecule has 1 aliphatic carbocycles. The molecule has 0 spiro atoms. The smallest absolute Gasteiger partial charge is 0.290 e. The zero-order valence-electron chi connectivity index (χ0n) is 13.0. The highest BCUT2D eigenvalue weighted by atomic mass is 16.5. The molecule has 22 heavy (non-hydrogen) atoms. The Hall–Kier alpha value is -2.11. The number of carbonyl (C=O) groups excluding carboxylic acids is 1. The molecule has 0 aromatic carbocycles. The predicted octanol–water partition coefficient (Wildman–Crippen LogP) is 2.67. The highest BCUT2D eigenvalue weighted by Crippen LogP contribution is 2.23. The van der Waals surface area contributed by atoms with Gasteiger partial charge in [-0.15, -0.1) is 0 Å². The van der Waals surface area contributed by atoms with Gasteiger partial charge in [0.2, 0.25) is 5.76 Å². The molecule has 0 bridgehead atoms. The van der Waals surface area contributed by atoms with E-state index < -0.39 is 0 Å². The van der Waals surface area contributed by atoms with Crippen molar-refractivity contribution in [2.24, 2.45) is 5.92 Å². The van der Waals surface area contributed by atoms with Crippen LogP contribution in [0.1, 0.15) is 60.0 Å². The Balaban J connectivity index is 1.60. The van der Waals surface area contributed by atoms with E-state index in [1.54, 1.807) is 0 Å². The minimum Gasteiger partial charge on any atom is -0.359 e. The van der Waals surface area contributed by atoms with Crippen molar-refractivity contribution in [1.29, 1.82) is 0 Å². The van der Waals surface area contributed by atoms with E-state index in [0.29, 0.717) is 24.0 Å². The maximum Gasteiger partial charge on any atom is 0.290 e. The monoisotopic (exact) mass is 303 g/mol. The number of rotatable bonds is 5. The van der Waals surface area contributed by atoms with E-state index in [2.05, 4.69) is 29.5 Å². The summed E-state index contributed by atoms with van der Waals surface area (Å²) in [5.74, 6) is 1.28. The van der Waals surface area contributed by atoms with Crippen LogP contribution in [0, 0.1) is 5.92 Å². The van der Waals surface area contributed by atoms with E-state index in [9.17, 15) is 4.79 Å². The van der Waals surface area contributed by atoms with Gasteiger partial charge < -0.3 is 14.4 Å². The second-order valence-corrected chi connectivity index (χ2v) is 6.21.